The highest BCUT2D eigenvalue weighted by Gasteiger charge is 2.29. The Kier molecular flexibility index (Phi) is 7.14. The average molecular weight is 473 g/mol. The zero-order chi connectivity index (χ0) is 23.4. The minimum Gasteiger partial charge on any atom is -0.341 e. The predicted octanol–water partition coefficient (Wildman–Crippen LogP) is 2.17. The lowest BCUT2D eigenvalue weighted by atomic mass is 10.0. The van der Waals surface area contributed by atoms with E-state index in [0.717, 1.165) is 62.8 Å². The molecule has 4 rings (SSSR count). The highest BCUT2D eigenvalue weighted by molar-refractivity contribution is 7.90. The summed E-state index contributed by atoms with van der Waals surface area (Å²) in [7, 11) is -3.87. The first-order valence-electron chi connectivity index (χ1n) is 11.5. The van der Waals surface area contributed by atoms with Crippen molar-refractivity contribution in [3.63, 3.8) is 0 Å². The third-order valence-corrected chi connectivity index (χ3v) is 7.66. The number of nitrogens with zero attached hydrogens (tertiary/aromatic N) is 5. The van der Waals surface area contributed by atoms with Crippen LogP contribution in [0.5, 0.6) is 0 Å². The molecule has 1 N–H and O–H groups in total. The monoisotopic (exact) mass is 472 g/mol. The zero-order valence-corrected chi connectivity index (χ0v) is 20.1. The number of nitrogens with one attached hydrogen (secondary N) is 1. The molecule has 178 valence electrons. The molecule has 0 radical (unpaired) electrons. The number of rotatable bonds is 4. The Balaban J connectivity index is 1.30. The quantitative estimate of drug-likeness (QED) is 0.728. The predicted molar refractivity (Wildman–Crippen MR) is 127 cm³/mol. The van der Waals surface area contributed by atoms with Gasteiger partial charge in [0.25, 0.3) is 10.0 Å². The van der Waals surface area contributed by atoms with E-state index >= 15 is 0 Å². The fourth-order valence-corrected chi connectivity index (χ4v) is 5.62. The molecule has 0 atom stereocenters. The highest BCUT2D eigenvalue weighted by atomic mass is 32.2. The molecule has 2 saturated heterocycles. The molecule has 2 fully saturated rings. The molecule has 3 heterocycles. The number of amides is 2. The van der Waals surface area contributed by atoms with E-state index in [9.17, 15) is 13.2 Å². The topological polar surface area (TPSA) is 98.7 Å². The van der Waals surface area contributed by atoms with Gasteiger partial charge >= 0.3 is 6.03 Å². The Morgan fingerprint density at radius 3 is 2.27 bits per heavy atom. The van der Waals surface area contributed by atoms with Crippen molar-refractivity contribution in [2.75, 3.05) is 44.2 Å². The molecule has 2 aliphatic rings. The fraction of sp³-hybridized carbons (Fsp3) is 0.522. The molecule has 1 aromatic heterocycles. The molecule has 1 aromatic carbocycles. The van der Waals surface area contributed by atoms with Gasteiger partial charge in [-0.1, -0.05) is 18.2 Å². The van der Waals surface area contributed by atoms with Gasteiger partial charge in [-0.25, -0.2) is 27.9 Å². The second-order valence-electron chi connectivity index (χ2n) is 8.77. The smallest absolute Gasteiger partial charge is 0.331 e. The lowest BCUT2D eigenvalue weighted by Crippen LogP contribution is -2.47. The normalized spacial score (nSPS) is 18.7. The van der Waals surface area contributed by atoms with E-state index in [1.807, 2.05) is 19.9 Å². The second kappa shape index (κ2) is 10.0. The van der Waals surface area contributed by atoms with Crippen LogP contribution in [0.2, 0.25) is 0 Å². The van der Waals surface area contributed by atoms with E-state index in [1.165, 1.54) is 12.1 Å². The summed E-state index contributed by atoms with van der Waals surface area (Å²) in [5.74, 6) is 0.810. The summed E-state index contributed by atoms with van der Waals surface area (Å²) in [4.78, 5) is 28.3. The minimum atomic E-state index is -3.87. The number of aromatic nitrogens is 2. The van der Waals surface area contributed by atoms with Gasteiger partial charge in [-0.3, -0.25) is 4.90 Å². The van der Waals surface area contributed by atoms with Gasteiger partial charge in [0.2, 0.25) is 5.95 Å². The van der Waals surface area contributed by atoms with Crippen LogP contribution >= 0.6 is 0 Å². The van der Waals surface area contributed by atoms with Gasteiger partial charge in [-0.15, -0.1) is 0 Å². The Morgan fingerprint density at radius 2 is 1.61 bits per heavy atom. The van der Waals surface area contributed by atoms with Crippen LogP contribution in [0.25, 0.3) is 0 Å². The number of piperidine rings is 1. The number of aryl methyl sites for hydroxylation is 2. The number of carbonyl (C=O) groups is 1. The summed E-state index contributed by atoms with van der Waals surface area (Å²) < 4.78 is 27.2. The molecule has 2 amide bonds. The van der Waals surface area contributed by atoms with Crippen molar-refractivity contribution in [2.45, 2.75) is 44.0 Å². The summed E-state index contributed by atoms with van der Waals surface area (Å²) >= 11 is 0. The summed E-state index contributed by atoms with van der Waals surface area (Å²) in [6, 6.07) is 9.86. The fourth-order valence-electron chi connectivity index (χ4n) is 4.62. The largest absolute Gasteiger partial charge is 0.341 e. The van der Waals surface area contributed by atoms with Crippen LogP contribution < -0.4 is 9.62 Å². The standard InChI is InChI=1S/C23H32N6O3S/c1-18-17-19(2)25-22(24-18)28-13-9-20(10-14-28)27-11-6-12-29(16-15-27)23(30)26-33(31,32)21-7-4-3-5-8-21/h3-5,7-8,17,20H,6,9-16H2,1-2H3,(H,26,30). The van der Waals surface area contributed by atoms with Crippen molar-refractivity contribution in [1.29, 1.82) is 0 Å². The van der Waals surface area contributed by atoms with Crippen LogP contribution in [0.3, 0.4) is 0 Å². The third-order valence-electron chi connectivity index (χ3n) is 6.33. The van der Waals surface area contributed by atoms with Gasteiger partial charge in [0.1, 0.15) is 0 Å². The Labute approximate surface area is 195 Å². The van der Waals surface area contributed by atoms with Crippen molar-refractivity contribution in [3.05, 3.63) is 47.8 Å². The SMILES string of the molecule is Cc1cc(C)nc(N2CCC(N3CCCN(C(=O)NS(=O)(=O)c4ccccc4)CC3)CC2)n1. The number of anilines is 1. The first-order chi connectivity index (χ1) is 15.8. The van der Waals surface area contributed by atoms with Crippen LogP contribution in [-0.4, -0.2) is 79.5 Å². The van der Waals surface area contributed by atoms with Crippen LogP contribution in [0.4, 0.5) is 10.7 Å². The number of hydrogen-bond donors (Lipinski definition) is 1. The van der Waals surface area contributed by atoms with Gasteiger partial charge in [-0.05, 0) is 51.3 Å². The first kappa shape index (κ1) is 23.4. The maximum absolute atomic E-state index is 12.7. The summed E-state index contributed by atoms with van der Waals surface area (Å²) in [6.45, 7) is 8.50. The molecular formula is C23H32N6O3S. The van der Waals surface area contributed by atoms with Crippen LogP contribution in [0, 0.1) is 13.8 Å². The van der Waals surface area contributed by atoms with Crippen molar-refractivity contribution in [2.24, 2.45) is 0 Å². The van der Waals surface area contributed by atoms with Crippen molar-refractivity contribution >= 4 is 22.0 Å². The molecule has 9 nitrogen and oxygen atoms in total. The van der Waals surface area contributed by atoms with E-state index in [-0.39, 0.29) is 4.90 Å². The van der Waals surface area contributed by atoms with Crippen LogP contribution in [0.15, 0.2) is 41.3 Å². The van der Waals surface area contributed by atoms with E-state index in [4.69, 9.17) is 0 Å². The zero-order valence-electron chi connectivity index (χ0n) is 19.3. The Hall–Kier alpha value is -2.72. The van der Waals surface area contributed by atoms with Gasteiger partial charge in [-0.2, -0.15) is 0 Å². The van der Waals surface area contributed by atoms with Crippen molar-refractivity contribution < 1.29 is 13.2 Å². The molecule has 0 aliphatic carbocycles. The molecule has 0 bridgehead atoms. The van der Waals surface area contributed by atoms with Crippen LogP contribution in [-0.2, 0) is 10.0 Å². The number of urea groups is 1. The van der Waals surface area contributed by atoms with Crippen molar-refractivity contribution in [1.82, 2.24) is 24.5 Å². The average Bonchev–Trinajstić information content (AvgIpc) is 3.05. The van der Waals surface area contributed by atoms with Gasteiger partial charge in [0.15, 0.2) is 0 Å². The molecule has 10 heteroatoms. The number of carbonyl (C=O) groups excluding carboxylic acids is 1. The molecule has 2 aliphatic heterocycles. The second-order valence-corrected chi connectivity index (χ2v) is 10.5. The highest BCUT2D eigenvalue weighted by Crippen LogP contribution is 2.22. The maximum atomic E-state index is 12.7. The molecular weight excluding hydrogens is 440 g/mol. The van der Waals surface area contributed by atoms with Gasteiger partial charge in [0.05, 0.1) is 4.90 Å². The summed E-state index contributed by atoms with van der Waals surface area (Å²) in [5.41, 5.74) is 1.97. The molecule has 33 heavy (non-hydrogen) atoms. The lowest BCUT2D eigenvalue weighted by Gasteiger charge is -2.38. The Bertz CT molecular complexity index is 1050. The lowest BCUT2D eigenvalue weighted by molar-refractivity contribution is 0.171. The van der Waals surface area contributed by atoms with Crippen LogP contribution in [0.1, 0.15) is 30.7 Å². The van der Waals surface area contributed by atoms with E-state index in [1.54, 1.807) is 23.1 Å². The van der Waals surface area contributed by atoms with Gasteiger partial charge < -0.3 is 9.80 Å². The van der Waals surface area contributed by atoms with Gasteiger partial charge in [0, 0.05) is 56.7 Å². The molecule has 0 saturated carbocycles. The number of hydrogen-bond acceptors (Lipinski definition) is 7. The summed E-state index contributed by atoms with van der Waals surface area (Å²) in [6.07, 6.45) is 2.86. The molecule has 0 spiro atoms. The van der Waals surface area contributed by atoms with E-state index < -0.39 is 16.1 Å². The first-order valence-corrected chi connectivity index (χ1v) is 13.0. The number of sulfonamides is 1. The minimum absolute atomic E-state index is 0.0920. The molecule has 0 unspecified atom stereocenters. The van der Waals surface area contributed by atoms with E-state index in [0.29, 0.717) is 19.1 Å². The third kappa shape index (κ3) is 5.80. The Morgan fingerprint density at radius 1 is 0.939 bits per heavy atom. The van der Waals surface area contributed by atoms with Crippen molar-refractivity contribution in [3.8, 4) is 0 Å². The maximum Gasteiger partial charge on any atom is 0.331 e. The number of benzene rings is 1. The molecule has 2 aromatic rings. The van der Waals surface area contributed by atoms with E-state index in [2.05, 4.69) is 24.5 Å². The summed E-state index contributed by atoms with van der Waals surface area (Å²) in [5, 5.41) is 0.